The fourth-order valence-electron chi connectivity index (χ4n) is 2.45. The zero-order valence-electron chi connectivity index (χ0n) is 15.0. The zero-order valence-corrected chi connectivity index (χ0v) is 15.0. The van der Waals surface area contributed by atoms with Gasteiger partial charge in [0, 0.05) is 30.2 Å². The number of nitrogens with zero attached hydrogens (tertiary/aromatic N) is 2. The van der Waals surface area contributed by atoms with E-state index < -0.39 is 0 Å². The molecule has 27 heavy (non-hydrogen) atoms. The minimum Gasteiger partial charge on any atom is -0.326 e. The third kappa shape index (κ3) is 4.88. The van der Waals surface area contributed by atoms with E-state index in [0.29, 0.717) is 17.3 Å². The number of amides is 2. The molecule has 2 amide bonds. The second-order valence-electron chi connectivity index (χ2n) is 5.92. The van der Waals surface area contributed by atoms with Crippen molar-refractivity contribution in [1.29, 1.82) is 0 Å². The lowest BCUT2D eigenvalue weighted by molar-refractivity contribution is -0.114. The summed E-state index contributed by atoms with van der Waals surface area (Å²) in [5, 5.41) is 8.55. The van der Waals surface area contributed by atoms with Gasteiger partial charge in [0.1, 0.15) is 5.69 Å². The van der Waals surface area contributed by atoms with E-state index in [1.54, 1.807) is 24.3 Å². The molecule has 7 nitrogen and oxygen atoms in total. The molecule has 0 saturated heterocycles. The van der Waals surface area contributed by atoms with Crippen molar-refractivity contribution in [1.82, 2.24) is 9.97 Å². The van der Waals surface area contributed by atoms with E-state index in [1.165, 1.54) is 19.2 Å². The largest absolute Gasteiger partial charge is 0.326 e. The number of hydrogen-bond acceptors (Lipinski definition) is 5. The smallest absolute Gasteiger partial charge is 0.274 e. The molecule has 3 aromatic rings. The summed E-state index contributed by atoms with van der Waals surface area (Å²) < 4.78 is 0. The number of aryl methyl sites for hydroxylation is 1. The molecule has 0 spiro atoms. The lowest BCUT2D eigenvalue weighted by atomic mass is 10.2. The first-order chi connectivity index (χ1) is 13.0. The Kier molecular flexibility index (Phi) is 5.41. The van der Waals surface area contributed by atoms with Gasteiger partial charge in [-0.05, 0) is 42.8 Å². The van der Waals surface area contributed by atoms with Gasteiger partial charge in [0.25, 0.3) is 5.91 Å². The van der Waals surface area contributed by atoms with Gasteiger partial charge >= 0.3 is 0 Å². The van der Waals surface area contributed by atoms with Crippen LogP contribution in [-0.4, -0.2) is 21.8 Å². The second-order valence-corrected chi connectivity index (χ2v) is 5.92. The Labute approximate surface area is 156 Å². The normalized spacial score (nSPS) is 10.1. The summed E-state index contributed by atoms with van der Waals surface area (Å²) in [7, 11) is 0. The van der Waals surface area contributed by atoms with Gasteiger partial charge in [0.15, 0.2) is 0 Å². The number of aromatic nitrogens is 2. The Morgan fingerprint density at radius 1 is 0.926 bits per heavy atom. The number of rotatable bonds is 5. The lowest BCUT2D eigenvalue weighted by Gasteiger charge is -2.10. The zero-order chi connectivity index (χ0) is 19.2. The molecule has 0 unspecified atom stereocenters. The number of carbonyl (C=O) groups is 2. The minimum absolute atomic E-state index is 0.179. The first-order valence-corrected chi connectivity index (χ1v) is 8.36. The highest BCUT2D eigenvalue weighted by Crippen LogP contribution is 2.18. The van der Waals surface area contributed by atoms with E-state index in [9.17, 15) is 9.59 Å². The fraction of sp³-hybridized carbons (Fsp3) is 0.100. The van der Waals surface area contributed by atoms with Crippen LogP contribution in [0.4, 0.5) is 23.0 Å². The molecule has 0 atom stereocenters. The molecule has 136 valence electrons. The second kappa shape index (κ2) is 8.09. The molecule has 1 aromatic heterocycles. The number of benzene rings is 2. The summed E-state index contributed by atoms with van der Waals surface area (Å²) in [5.74, 6) is -0.213. The molecular formula is C20H19N5O2. The average Bonchev–Trinajstić information content (AvgIpc) is 2.64. The maximum Gasteiger partial charge on any atom is 0.274 e. The van der Waals surface area contributed by atoms with Crippen molar-refractivity contribution < 1.29 is 9.59 Å². The van der Waals surface area contributed by atoms with Crippen molar-refractivity contribution in [2.24, 2.45) is 0 Å². The van der Waals surface area contributed by atoms with Gasteiger partial charge in [-0.25, -0.2) is 9.97 Å². The first-order valence-electron chi connectivity index (χ1n) is 8.36. The molecule has 0 saturated carbocycles. The topological polar surface area (TPSA) is 96.0 Å². The van der Waals surface area contributed by atoms with Gasteiger partial charge in [0.05, 0.1) is 0 Å². The van der Waals surface area contributed by atoms with E-state index in [-0.39, 0.29) is 17.5 Å². The van der Waals surface area contributed by atoms with Gasteiger partial charge < -0.3 is 16.0 Å². The Morgan fingerprint density at radius 3 is 2.41 bits per heavy atom. The molecular weight excluding hydrogens is 342 g/mol. The molecule has 2 aromatic carbocycles. The molecule has 7 heteroatoms. The highest BCUT2D eigenvalue weighted by molar-refractivity contribution is 6.03. The summed E-state index contributed by atoms with van der Waals surface area (Å²) >= 11 is 0. The molecule has 1 heterocycles. The summed E-state index contributed by atoms with van der Waals surface area (Å²) in [6.07, 6.45) is 1.52. The predicted molar refractivity (Wildman–Crippen MR) is 105 cm³/mol. The maximum atomic E-state index is 12.5. The first kappa shape index (κ1) is 18.1. The molecule has 0 radical (unpaired) electrons. The lowest BCUT2D eigenvalue weighted by Crippen LogP contribution is -2.15. The summed E-state index contributed by atoms with van der Waals surface area (Å²) in [6, 6.07) is 16.2. The standard InChI is InChI=1S/C20H19N5O2/c1-13-6-3-4-9-17(13)24-20-21-11-10-18(25-20)19(27)23-16-8-5-7-15(12-16)22-14(2)26/h3-12H,1-2H3,(H,22,26)(H,23,27)(H,21,24,25). The van der Waals surface area contributed by atoms with E-state index in [4.69, 9.17) is 0 Å². The quantitative estimate of drug-likeness (QED) is 0.643. The molecule has 0 aliphatic rings. The monoisotopic (exact) mass is 361 g/mol. The van der Waals surface area contributed by atoms with Crippen LogP contribution in [0.15, 0.2) is 60.8 Å². The van der Waals surface area contributed by atoms with E-state index in [2.05, 4.69) is 25.9 Å². The SMILES string of the molecule is CC(=O)Nc1cccc(NC(=O)c2ccnc(Nc3ccccc3C)n2)c1. The Morgan fingerprint density at radius 2 is 1.67 bits per heavy atom. The molecule has 0 aliphatic heterocycles. The van der Waals surface area contributed by atoms with Gasteiger partial charge in [0.2, 0.25) is 11.9 Å². The van der Waals surface area contributed by atoms with Crippen LogP contribution < -0.4 is 16.0 Å². The Balaban J connectivity index is 1.74. The third-order valence-corrected chi connectivity index (χ3v) is 3.72. The van der Waals surface area contributed by atoms with Crippen LogP contribution in [0, 0.1) is 6.92 Å². The van der Waals surface area contributed by atoms with Crippen molar-refractivity contribution in [2.45, 2.75) is 13.8 Å². The Bertz CT molecular complexity index is 987. The van der Waals surface area contributed by atoms with Gasteiger partial charge in [-0.15, -0.1) is 0 Å². The highest BCUT2D eigenvalue weighted by atomic mass is 16.2. The van der Waals surface area contributed by atoms with Crippen LogP contribution >= 0.6 is 0 Å². The van der Waals surface area contributed by atoms with Gasteiger partial charge in [-0.1, -0.05) is 24.3 Å². The van der Waals surface area contributed by atoms with Crippen LogP contribution in [0.1, 0.15) is 23.0 Å². The molecule has 3 rings (SSSR count). The van der Waals surface area contributed by atoms with Crippen LogP contribution in [-0.2, 0) is 4.79 Å². The summed E-state index contributed by atoms with van der Waals surface area (Å²) in [4.78, 5) is 32.1. The van der Waals surface area contributed by atoms with Crippen LogP contribution in [0.25, 0.3) is 0 Å². The molecule has 0 bridgehead atoms. The number of carbonyl (C=O) groups excluding carboxylic acids is 2. The van der Waals surface area contributed by atoms with E-state index >= 15 is 0 Å². The number of nitrogens with one attached hydrogen (secondary N) is 3. The summed E-state index contributed by atoms with van der Waals surface area (Å²) in [5.41, 5.74) is 3.30. The van der Waals surface area contributed by atoms with Crippen molar-refractivity contribution in [3.63, 3.8) is 0 Å². The predicted octanol–water partition coefficient (Wildman–Crippen LogP) is 3.74. The third-order valence-electron chi connectivity index (χ3n) is 3.72. The van der Waals surface area contributed by atoms with Crippen molar-refractivity contribution >= 4 is 34.8 Å². The van der Waals surface area contributed by atoms with Crippen molar-refractivity contribution in [3.8, 4) is 0 Å². The van der Waals surface area contributed by atoms with Crippen molar-refractivity contribution in [2.75, 3.05) is 16.0 Å². The Hall–Kier alpha value is -3.74. The van der Waals surface area contributed by atoms with E-state index in [0.717, 1.165) is 11.3 Å². The van der Waals surface area contributed by atoms with Gasteiger partial charge in [-0.3, -0.25) is 9.59 Å². The van der Waals surface area contributed by atoms with Crippen LogP contribution in [0.2, 0.25) is 0 Å². The van der Waals surface area contributed by atoms with Crippen LogP contribution in [0.3, 0.4) is 0 Å². The minimum atomic E-state index is -0.370. The average molecular weight is 361 g/mol. The molecule has 3 N–H and O–H groups in total. The highest BCUT2D eigenvalue weighted by Gasteiger charge is 2.10. The van der Waals surface area contributed by atoms with Crippen molar-refractivity contribution in [3.05, 3.63) is 72.1 Å². The van der Waals surface area contributed by atoms with E-state index in [1.807, 2.05) is 31.2 Å². The molecule has 0 fully saturated rings. The fourth-order valence-corrected chi connectivity index (χ4v) is 2.45. The number of para-hydroxylation sites is 1. The molecule has 0 aliphatic carbocycles. The number of anilines is 4. The maximum absolute atomic E-state index is 12.5. The summed E-state index contributed by atoms with van der Waals surface area (Å²) in [6.45, 7) is 3.40. The van der Waals surface area contributed by atoms with Crippen LogP contribution in [0.5, 0.6) is 0 Å². The van der Waals surface area contributed by atoms with Gasteiger partial charge in [-0.2, -0.15) is 0 Å². The number of hydrogen-bond donors (Lipinski definition) is 3.